The van der Waals surface area contributed by atoms with E-state index in [9.17, 15) is 8.42 Å². The molecule has 0 unspecified atom stereocenters. The molecule has 0 amide bonds. The van der Waals surface area contributed by atoms with Crippen molar-refractivity contribution in [3.63, 3.8) is 0 Å². The van der Waals surface area contributed by atoms with Gasteiger partial charge in [-0.2, -0.15) is 0 Å². The standard InChI is InChI=1S/C13H20O4S2/c1-4-19(14,15)10-9-18-12-7-5-11(6-8-12)13(16-2)17-3/h5-8,13H,4,9-10H2,1-3H3. The molecule has 0 atom stereocenters. The number of benzene rings is 1. The highest BCUT2D eigenvalue weighted by Gasteiger charge is 2.09. The zero-order valence-corrected chi connectivity index (χ0v) is 13.1. The lowest BCUT2D eigenvalue weighted by atomic mass is 10.2. The Balaban J connectivity index is 2.53. The fourth-order valence-corrected chi connectivity index (χ4v) is 3.72. The van der Waals surface area contributed by atoms with Crippen molar-refractivity contribution in [1.29, 1.82) is 0 Å². The van der Waals surface area contributed by atoms with Gasteiger partial charge in [-0.25, -0.2) is 8.42 Å². The van der Waals surface area contributed by atoms with Gasteiger partial charge >= 0.3 is 0 Å². The molecule has 0 saturated carbocycles. The second kappa shape index (κ2) is 7.89. The van der Waals surface area contributed by atoms with Gasteiger partial charge in [-0.05, 0) is 12.1 Å². The second-order valence-electron chi connectivity index (χ2n) is 3.96. The maximum atomic E-state index is 11.4. The van der Waals surface area contributed by atoms with Gasteiger partial charge in [0, 0.05) is 36.2 Å². The van der Waals surface area contributed by atoms with Gasteiger partial charge in [-0.1, -0.05) is 19.1 Å². The summed E-state index contributed by atoms with van der Waals surface area (Å²) in [6.07, 6.45) is -0.362. The average Bonchev–Trinajstić information content (AvgIpc) is 2.42. The molecular formula is C13H20O4S2. The Bertz CT molecular complexity index is 464. The maximum Gasteiger partial charge on any atom is 0.183 e. The lowest BCUT2D eigenvalue weighted by molar-refractivity contribution is -0.106. The zero-order valence-electron chi connectivity index (χ0n) is 11.5. The summed E-state index contributed by atoms with van der Waals surface area (Å²) in [4.78, 5) is 1.04. The first kappa shape index (κ1) is 16.5. The van der Waals surface area contributed by atoms with Gasteiger partial charge in [-0.3, -0.25) is 0 Å². The Morgan fingerprint density at radius 2 is 1.74 bits per heavy atom. The van der Waals surface area contributed by atoms with E-state index in [-0.39, 0.29) is 17.8 Å². The van der Waals surface area contributed by atoms with Gasteiger partial charge in [-0.15, -0.1) is 11.8 Å². The Labute approximate surface area is 119 Å². The molecule has 0 aromatic heterocycles. The van der Waals surface area contributed by atoms with E-state index in [4.69, 9.17) is 9.47 Å². The van der Waals surface area contributed by atoms with Crippen LogP contribution in [0.25, 0.3) is 0 Å². The molecule has 19 heavy (non-hydrogen) atoms. The molecule has 0 N–H and O–H groups in total. The van der Waals surface area contributed by atoms with E-state index in [1.54, 1.807) is 21.1 Å². The number of rotatable bonds is 8. The van der Waals surface area contributed by atoms with Crippen LogP contribution in [0.2, 0.25) is 0 Å². The minimum atomic E-state index is -2.88. The van der Waals surface area contributed by atoms with Crippen molar-refractivity contribution in [3.8, 4) is 0 Å². The van der Waals surface area contributed by atoms with E-state index in [1.165, 1.54) is 11.8 Å². The Morgan fingerprint density at radius 1 is 1.16 bits per heavy atom. The first-order chi connectivity index (χ1) is 9.02. The quantitative estimate of drug-likeness (QED) is 0.545. The maximum absolute atomic E-state index is 11.4. The third-order valence-corrected chi connectivity index (χ3v) is 5.66. The van der Waals surface area contributed by atoms with E-state index < -0.39 is 9.84 Å². The van der Waals surface area contributed by atoms with Crippen molar-refractivity contribution in [2.24, 2.45) is 0 Å². The molecule has 1 aromatic rings. The van der Waals surface area contributed by atoms with Gasteiger partial charge < -0.3 is 9.47 Å². The van der Waals surface area contributed by atoms with Crippen LogP contribution < -0.4 is 0 Å². The third kappa shape index (κ3) is 5.52. The molecule has 0 saturated heterocycles. The first-order valence-electron chi connectivity index (χ1n) is 6.01. The lowest BCUT2D eigenvalue weighted by Gasteiger charge is -2.13. The normalized spacial score (nSPS) is 12.0. The molecule has 0 aliphatic heterocycles. The monoisotopic (exact) mass is 304 g/mol. The molecular weight excluding hydrogens is 284 g/mol. The highest BCUT2D eigenvalue weighted by molar-refractivity contribution is 8.00. The largest absolute Gasteiger partial charge is 0.352 e. The summed E-state index contributed by atoms with van der Waals surface area (Å²) in [5.74, 6) is 0.998. The van der Waals surface area contributed by atoms with Crippen molar-refractivity contribution in [2.75, 3.05) is 31.5 Å². The summed E-state index contributed by atoms with van der Waals surface area (Å²) < 4.78 is 33.0. The fourth-order valence-electron chi connectivity index (χ4n) is 1.52. The van der Waals surface area contributed by atoms with Crippen molar-refractivity contribution in [3.05, 3.63) is 29.8 Å². The predicted molar refractivity (Wildman–Crippen MR) is 78.3 cm³/mol. The van der Waals surface area contributed by atoms with Crippen LogP contribution in [-0.2, 0) is 19.3 Å². The molecule has 108 valence electrons. The highest BCUT2D eigenvalue weighted by atomic mass is 32.2. The van der Waals surface area contributed by atoms with Crippen molar-refractivity contribution in [1.82, 2.24) is 0 Å². The minimum absolute atomic E-state index is 0.204. The molecule has 0 fully saturated rings. The lowest BCUT2D eigenvalue weighted by Crippen LogP contribution is -2.10. The van der Waals surface area contributed by atoms with E-state index in [0.29, 0.717) is 5.75 Å². The van der Waals surface area contributed by atoms with Gasteiger partial charge in [0.25, 0.3) is 0 Å². The van der Waals surface area contributed by atoms with Crippen LogP contribution in [0.4, 0.5) is 0 Å². The summed E-state index contributed by atoms with van der Waals surface area (Å²) in [6.45, 7) is 1.67. The number of ether oxygens (including phenoxy) is 2. The van der Waals surface area contributed by atoms with Crippen LogP contribution in [0.3, 0.4) is 0 Å². The van der Waals surface area contributed by atoms with E-state index >= 15 is 0 Å². The SMILES string of the molecule is CCS(=O)(=O)CCSc1ccc(C(OC)OC)cc1. The summed E-state index contributed by atoms with van der Waals surface area (Å²) in [7, 11) is 0.299. The van der Waals surface area contributed by atoms with Crippen LogP contribution in [0, 0.1) is 0 Å². The number of hydrogen-bond donors (Lipinski definition) is 0. The van der Waals surface area contributed by atoms with Crippen molar-refractivity contribution in [2.45, 2.75) is 18.1 Å². The van der Waals surface area contributed by atoms with Crippen LogP contribution >= 0.6 is 11.8 Å². The van der Waals surface area contributed by atoms with Crippen LogP contribution in [0.1, 0.15) is 18.8 Å². The highest BCUT2D eigenvalue weighted by Crippen LogP contribution is 2.23. The minimum Gasteiger partial charge on any atom is -0.352 e. The molecule has 6 heteroatoms. The van der Waals surface area contributed by atoms with Crippen LogP contribution in [0.5, 0.6) is 0 Å². The van der Waals surface area contributed by atoms with Gasteiger partial charge in [0.2, 0.25) is 0 Å². The zero-order chi connectivity index (χ0) is 14.3. The van der Waals surface area contributed by atoms with E-state index in [0.717, 1.165) is 10.5 Å². The Morgan fingerprint density at radius 3 is 2.21 bits per heavy atom. The molecule has 0 aliphatic rings. The van der Waals surface area contributed by atoms with Crippen molar-refractivity contribution >= 4 is 21.6 Å². The second-order valence-corrected chi connectivity index (χ2v) is 7.60. The Kier molecular flexibility index (Phi) is 6.85. The third-order valence-electron chi connectivity index (χ3n) is 2.68. The van der Waals surface area contributed by atoms with Crippen LogP contribution in [-0.4, -0.2) is 39.9 Å². The first-order valence-corrected chi connectivity index (χ1v) is 8.82. The van der Waals surface area contributed by atoms with Gasteiger partial charge in [0.1, 0.15) is 0 Å². The molecule has 0 aliphatic carbocycles. The average molecular weight is 304 g/mol. The topological polar surface area (TPSA) is 52.6 Å². The summed E-state index contributed by atoms with van der Waals surface area (Å²) in [6, 6.07) is 7.75. The van der Waals surface area contributed by atoms with E-state index in [1.807, 2.05) is 24.3 Å². The summed E-state index contributed by atoms with van der Waals surface area (Å²) in [5.41, 5.74) is 0.940. The van der Waals surface area contributed by atoms with Gasteiger partial charge in [0.05, 0.1) is 5.75 Å². The van der Waals surface area contributed by atoms with Gasteiger partial charge in [0.15, 0.2) is 16.1 Å². The molecule has 0 bridgehead atoms. The predicted octanol–water partition coefficient (Wildman–Crippen LogP) is 2.50. The number of methoxy groups -OCH3 is 2. The number of sulfone groups is 1. The smallest absolute Gasteiger partial charge is 0.183 e. The fraction of sp³-hybridized carbons (Fsp3) is 0.538. The Hall–Kier alpha value is -0.560. The molecule has 0 radical (unpaired) electrons. The number of hydrogen-bond acceptors (Lipinski definition) is 5. The molecule has 1 rings (SSSR count). The van der Waals surface area contributed by atoms with E-state index in [2.05, 4.69) is 0 Å². The molecule has 0 heterocycles. The summed E-state index contributed by atoms with van der Waals surface area (Å²) >= 11 is 1.54. The molecule has 0 spiro atoms. The molecule has 1 aromatic carbocycles. The summed E-state index contributed by atoms with van der Waals surface area (Å²) in [5, 5.41) is 0. The number of thioether (sulfide) groups is 1. The van der Waals surface area contributed by atoms with Crippen molar-refractivity contribution < 1.29 is 17.9 Å². The van der Waals surface area contributed by atoms with Crippen LogP contribution in [0.15, 0.2) is 29.2 Å². The molecule has 4 nitrogen and oxygen atoms in total.